The first-order chi connectivity index (χ1) is 6.27. The molecule has 0 aromatic carbocycles. The summed E-state index contributed by atoms with van der Waals surface area (Å²) in [5.74, 6) is -0.162. The van der Waals surface area contributed by atoms with Gasteiger partial charge in [0.05, 0.1) is 6.61 Å². The minimum absolute atomic E-state index is 0.162. The molecule has 13 heavy (non-hydrogen) atoms. The van der Waals surface area contributed by atoms with Crippen molar-refractivity contribution in [3.8, 4) is 0 Å². The standard InChI is InChI=1S/C10H19IO2/c1-10(12)13-9-7-5-3-2-4-6-8-11/h2-9H2,1H3. The molecule has 0 heterocycles. The average Bonchev–Trinajstić information content (AvgIpc) is 2.09. The van der Waals surface area contributed by atoms with E-state index in [9.17, 15) is 4.79 Å². The zero-order chi connectivity index (χ0) is 9.94. The van der Waals surface area contributed by atoms with Crippen molar-refractivity contribution in [3.05, 3.63) is 0 Å². The van der Waals surface area contributed by atoms with Gasteiger partial charge in [0.25, 0.3) is 0 Å². The molecule has 2 nitrogen and oxygen atoms in total. The number of ether oxygens (including phenoxy) is 1. The van der Waals surface area contributed by atoms with Crippen LogP contribution in [0.15, 0.2) is 0 Å². The molecule has 0 aromatic rings. The van der Waals surface area contributed by atoms with Gasteiger partial charge in [-0.15, -0.1) is 0 Å². The normalized spacial score (nSPS) is 10.0. The second-order valence-corrected chi connectivity index (χ2v) is 4.23. The molecule has 0 amide bonds. The first kappa shape index (κ1) is 13.2. The minimum atomic E-state index is -0.162. The summed E-state index contributed by atoms with van der Waals surface area (Å²) >= 11 is 2.41. The van der Waals surface area contributed by atoms with Gasteiger partial charge in [0.1, 0.15) is 0 Å². The zero-order valence-electron chi connectivity index (χ0n) is 8.35. The van der Waals surface area contributed by atoms with Crippen molar-refractivity contribution in [1.82, 2.24) is 0 Å². The molecule has 0 fully saturated rings. The minimum Gasteiger partial charge on any atom is -0.466 e. The second-order valence-electron chi connectivity index (χ2n) is 3.15. The zero-order valence-corrected chi connectivity index (χ0v) is 10.5. The number of unbranched alkanes of at least 4 members (excludes halogenated alkanes) is 5. The highest BCUT2D eigenvalue weighted by Gasteiger charge is 1.93. The van der Waals surface area contributed by atoms with E-state index in [-0.39, 0.29) is 5.97 Å². The molecule has 0 aromatic heterocycles. The number of rotatable bonds is 8. The maximum atomic E-state index is 10.4. The van der Waals surface area contributed by atoms with E-state index >= 15 is 0 Å². The van der Waals surface area contributed by atoms with E-state index < -0.39 is 0 Å². The molecule has 0 aliphatic heterocycles. The number of alkyl halides is 1. The lowest BCUT2D eigenvalue weighted by molar-refractivity contribution is -0.141. The van der Waals surface area contributed by atoms with E-state index in [2.05, 4.69) is 22.6 Å². The van der Waals surface area contributed by atoms with Crippen LogP contribution in [0, 0.1) is 0 Å². The van der Waals surface area contributed by atoms with Gasteiger partial charge in [-0.2, -0.15) is 0 Å². The highest BCUT2D eigenvalue weighted by molar-refractivity contribution is 14.1. The van der Waals surface area contributed by atoms with Gasteiger partial charge >= 0.3 is 5.97 Å². The van der Waals surface area contributed by atoms with E-state index in [1.807, 2.05) is 0 Å². The van der Waals surface area contributed by atoms with Crippen LogP contribution in [0.5, 0.6) is 0 Å². The highest BCUT2D eigenvalue weighted by atomic mass is 127. The predicted molar refractivity (Wildman–Crippen MR) is 63.2 cm³/mol. The van der Waals surface area contributed by atoms with Crippen LogP contribution in [0.3, 0.4) is 0 Å². The van der Waals surface area contributed by atoms with Crippen molar-refractivity contribution >= 4 is 28.6 Å². The summed E-state index contributed by atoms with van der Waals surface area (Å²) in [7, 11) is 0. The molecule has 0 rings (SSSR count). The maximum absolute atomic E-state index is 10.4. The summed E-state index contributed by atoms with van der Waals surface area (Å²) in [6, 6.07) is 0. The van der Waals surface area contributed by atoms with Crippen LogP contribution >= 0.6 is 22.6 Å². The van der Waals surface area contributed by atoms with Gasteiger partial charge in [-0.25, -0.2) is 0 Å². The molecule has 0 spiro atoms. The first-order valence-corrected chi connectivity index (χ1v) is 6.49. The Labute approximate surface area is 94.6 Å². The molecule has 0 radical (unpaired) electrons. The van der Waals surface area contributed by atoms with E-state index in [0.29, 0.717) is 6.61 Å². The van der Waals surface area contributed by atoms with E-state index in [0.717, 1.165) is 6.42 Å². The Morgan fingerprint density at radius 3 is 2.15 bits per heavy atom. The summed E-state index contributed by atoms with van der Waals surface area (Å²) in [4.78, 5) is 10.4. The Morgan fingerprint density at radius 1 is 1.08 bits per heavy atom. The molecule has 0 bridgehead atoms. The summed E-state index contributed by atoms with van der Waals surface area (Å²) in [5, 5.41) is 0. The molecular formula is C10H19IO2. The Balaban J connectivity index is 2.87. The molecule has 0 unspecified atom stereocenters. The fourth-order valence-corrected chi connectivity index (χ4v) is 1.66. The lowest BCUT2D eigenvalue weighted by Gasteiger charge is -2.01. The summed E-state index contributed by atoms with van der Waals surface area (Å²) < 4.78 is 6.10. The molecule has 3 heteroatoms. The van der Waals surface area contributed by atoms with Gasteiger partial charge in [-0.3, -0.25) is 4.79 Å². The van der Waals surface area contributed by atoms with Gasteiger partial charge in [0.2, 0.25) is 0 Å². The van der Waals surface area contributed by atoms with Crippen LogP contribution in [-0.2, 0) is 9.53 Å². The third kappa shape index (κ3) is 12.2. The monoisotopic (exact) mass is 298 g/mol. The fourth-order valence-electron chi connectivity index (χ4n) is 1.12. The quantitative estimate of drug-likeness (QED) is 0.297. The van der Waals surface area contributed by atoms with Crippen LogP contribution in [-0.4, -0.2) is 17.0 Å². The second kappa shape index (κ2) is 10.3. The Kier molecular flexibility index (Phi) is 10.4. The van der Waals surface area contributed by atoms with E-state index in [1.54, 1.807) is 0 Å². The van der Waals surface area contributed by atoms with Crippen LogP contribution in [0.4, 0.5) is 0 Å². The Hall–Kier alpha value is 0.200. The molecule has 0 aliphatic carbocycles. The van der Waals surface area contributed by atoms with Crippen molar-refractivity contribution < 1.29 is 9.53 Å². The van der Waals surface area contributed by atoms with Crippen molar-refractivity contribution in [2.45, 2.75) is 45.4 Å². The first-order valence-electron chi connectivity index (χ1n) is 4.96. The molecule has 0 saturated carbocycles. The summed E-state index contributed by atoms with van der Waals surface area (Å²) in [6.45, 7) is 2.06. The van der Waals surface area contributed by atoms with Crippen LogP contribution in [0.1, 0.15) is 45.4 Å². The third-order valence-corrected chi connectivity index (χ3v) is 2.60. The maximum Gasteiger partial charge on any atom is 0.302 e. The van der Waals surface area contributed by atoms with Crippen LogP contribution in [0.25, 0.3) is 0 Å². The van der Waals surface area contributed by atoms with Crippen LogP contribution < -0.4 is 0 Å². The summed E-state index contributed by atoms with van der Waals surface area (Å²) in [6.07, 6.45) is 7.49. The third-order valence-electron chi connectivity index (χ3n) is 1.83. The molecule has 0 atom stereocenters. The van der Waals surface area contributed by atoms with E-state index in [4.69, 9.17) is 4.74 Å². The van der Waals surface area contributed by atoms with Gasteiger partial charge in [-0.05, 0) is 17.3 Å². The van der Waals surface area contributed by atoms with Gasteiger partial charge in [-0.1, -0.05) is 48.3 Å². The van der Waals surface area contributed by atoms with Gasteiger partial charge in [0, 0.05) is 6.92 Å². The Morgan fingerprint density at radius 2 is 1.62 bits per heavy atom. The average molecular weight is 298 g/mol. The van der Waals surface area contributed by atoms with E-state index in [1.165, 1.54) is 43.5 Å². The smallest absolute Gasteiger partial charge is 0.302 e. The van der Waals surface area contributed by atoms with Crippen molar-refractivity contribution in [3.63, 3.8) is 0 Å². The number of carbonyl (C=O) groups excluding carboxylic acids is 1. The fraction of sp³-hybridized carbons (Fsp3) is 0.900. The number of carbonyl (C=O) groups is 1. The molecular weight excluding hydrogens is 279 g/mol. The molecule has 0 aliphatic rings. The summed E-state index contributed by atoms with van der Waals surface area (Å²) in [5.41, 5.74) is 0. The lowest BCUT2D eigenvalue weighted by Crippen LogP contribution is -2.00. The number of hydrogen-bond acceptors (Lipinski definition) is 2. The molecule has 78 valence electrons. The number of hydrogen-bond donors (Lipinski definition) is 0. The van der Waals surface area contributed by atoms with Gasteiger partial charge in [0.15, 0.2) is 0 Å². The van der Waals surface area contributed by atoms with Crippen molar-refractivity contribution in [2.24, 2.45) is 0 Å². The molecule has 0 saturated heterocycles. The lowest BCUT2D eigenvalue weighted by atomic mass is 10.1. The number of halogens is 1. The van der Waals surface area contributed by atoms with Crippen molar-refractivity contribution in [1.29, 1.82) is 0 Å². The highest BCUT2D eigenvalue weighted by Crippen LogP contribution is 2.06. The Bertz CT molecular complexity index is 126. The van der Waals surface area contributed by atoms with Gasteiger partial charge < -0.3 is 4.74 Å². The van der Waals surface area contributed by atoms with Crippen LogP contribution in [0.2, 0.25) is 0 Å². The number of esters is 1. The predicted octanol–water partition coefficient (Wildman–Crippen LogP) is 3.33. The largest absolute Gasteiger partial charge is 0.466 e. The SMILES string of the molecule is CC(=O)OCCCCCCCCI. The molecule has 0 N–H and O–H groups in total. The van der Waals surface area contributed by atoms with Crippen molar-refractivity contribution in [2.75, 3.05) is 11.0 Å². The topological polar surface area (TPSA) is 26.3 Å².